The van der Waals surface area contributed by atoms with Gasteiger partial charge in [0.1, 0.15) is 0 Å². The van der Waals surface area contributed by atoms with Crippen LogP contribution >= 0.6 is 0 Å². The molecule has 0 aromatic carbocycles. The van der Waals surface area contributed by atoms with Gasteiger partial charge < -0.3 is 4.74 Å². The molecule has 2 aliphatic rings. The molecule has 0 bridgehead atoms. The maximum atomic E-state index is 5.22. The van der Waals surface area contributed by atoms with Gasteiger partial charge in [-0.2, -0.15) is 0 Å². The molecule has 148 valence electrons. The lowest BCUT2D eigenvalue weighted by atomic mass is 9.93. The molecule has 1 unspecified atom stereocenters. The van der Waals surface area contributed by atoms with Gasteiger partial charge in [0.25, 0.3) is 0 Å². The molecule has 2 fully saturated rings. The molecular weight excluding hydrogens is 328 g/mol. The number of tetrazole rings is 1. The first kappa shape index (κ1) is 19.7. The predicted molar refractivity (Wildman–Crippen MR) is 102 cm³/mol. The summed E-state index contributed by atoms with van der Waals surface area (Å²) < 4.78 is 7.16. The summed E-state index contributed by atoms with van der Waals surface area (Å²) in [6.45, 7) is 10.5. The van der Waals surface area contributed by atoms with Gasteiger partial charge in [-0.1, -0.05) is 33.1 Å². The van der Waals surface area contributed by atoms with Gasteiger partial charge in [-0.15, -0.1) is 5.10 Å². The fourth-order valence-corrected chi connectivity index (χ4v) is 4.51. The Morgan fingerprint density at radius 2 is 1.81 bits per heavy atom. The predicted octanol–water partition coefficient (Wildman–Crippen LogP) is 2.36. The standard InChI is InChI=1S/C19H36N6O/c1-16(2)15-18(19-20-21-22-25(19)13-14-26-3)24-11-9-23(10-12-24)17-7-5-4-6-8-17/h16-18H,4-15H2,1-3H3. The van der Waals surface area contributed by atoms with E-state index >= 15 is 0 Å². The summed E-state index contributed by atoms with van der Waals surface area (Å²) in [5, 5.41) is 12.6. The average molecular weight is 365 g/mol. The van der Waals surface area contributed by atoms with Gasteiger partial charge in [0.2, 0.25) is 0 Å². The molecule has 1 aliphatic heterocycles. The van der Waals surface area contributed by atoms with Crippen LogP contribution in [0.15, 0.2) is 0 Å². The van der Waals surface area contributed by atoms with Crippen molar-refractivity contribution >= 4 is 0 Å². The molecule has 0 amide bonds. The number of methoxy groups -OCH3 is 1. The monoisotopic (exact) mass is 364 g/mol. The molecule has 7 nitrogen and oxygen atoms in total. The van der Waals surface area contributed by atoms with E-state index in [2.05, 4.69) is 39.2 Å². The number of piperazine rings is 1. The van der Waals surface area contributed by atoms with Crippen LogP contribution in [0, 0.1) is 5.92 Å². The molecule has 2 heterocycles. The third kappa shape index (κ3) is 5.02. The van der Waals surface area contributed by atoms with Crippen LogP contribution in [0.1, 0.15) is 64.2 Å². The van der Waals surface area contributed by atoms with Crippen molar-refractivity contribution in [3.63, 3.8) is 0 Å². The van der Waals surface area contributed by atoms with Crippen LogP contribution in [-0.2, 0) is 11.3 Å². The van der Waals surface area contributed by atoms with Gasteiger partial charge in [-0.25, -0.2) is 4.68 Å². The summed E-state index contributed by atoms with van der Waals surface area (Å²) in [6, 6.07) is 1.12. The number of rotatable bonds is 8. The summed E-state index contributed by atoms with van der Waals surface area (Å²) >= 11 is 0. The van der Waals surface area contributed by atoms with Gasteiger partial charge >= 0.3 is 0 Å². The Morgan fingerprint density at radius 1 is 1.08 bits per heavy atom. The molecule has 1 saturated carbocycles. The first-order valence-electron chi connectivity index (χ1n) is 10.4. The topological polar surface area (TPSA) is 59.3 Å². The largest absolute Gasteiger partial charge is 0.383 e. The van der Waals surface area contributed by atoms with Crippen molar-refractivity contribution in [1.82, 2.24) is 30.0 Å². The number of aromatic nitrogens is 4. The second kappa shape index (κ2) is 9.76. The van der Waals surface area contributed by atoms with Crippen molar-refractivity contribution in [1.29, 1.82) is 0 Å². The Labute approximate surface area is 158 Å². The zero-order valence-corrected chi connectivity index (χ0v) is 16.8. The molecule has 0 N–H and O–H groups in total. The lowest BCUT2D eigenvalue weighted by Crippen LogP contribution is -2.52. The van der Waals surface area contributed by atoms with Crippen molar-refractivity contribution in [3.05, 3.63) is 5.82 Å². The molecule has 26 heavy (non-hydrogen) atoms. The smallest absolute Gasteiger partial charge is 0.168 e. The zero-order chi connectivity index (χ0) is 18.4. The first-order chi connectivity index (χ1) is 12.7. The highest BCUT2D eigenvalue weighted by Crippen LogP contribution is 2.29. The third-order valence-corrected chi connectivity index (χ3v) is 5.94. The van der Waals surface area contributed by atoms with E-state index in [-0.39, 0.29) is 0 Å². The van der Waals surface area contributed by atoms with Crippen LogP contribution in [0.3, 0.4) is 0 Å². The Morgan fingerprint density at radius 3 is 2.46 bits per heavy atom. The minimum atomic E-state index is 0.301. The highest BCUT2D eigenvalue weighted by atomic mass is 16.5. The van der Waals surface area contributed by atoms with Crippen LogP contribution in [0.5, 0.6) is 0 Å². The SMILES string of the molecule is COCCn1nnnc1C(CC(C)C)N1CCN(C2CCCCC2)CC1. The third-order valence-electron chi connectivity index (χ3n) is 5.94. The van der Waals surface area contributed by atoms with E-state index in [0.717, 1.165) is 37.9 Å². The normalized spacial score (nSPS) is 22.2. The van der Waals surface area contributed by atoms with Gasteiger partial charge in [0.15, 0.2) is 5.82 Å². The lowest BCUT2D eigenvalue weighted by Gasteiger charge is -2.43. The average Bonchev–Trinajstić information content (AvgIpc) is 3.13. The van der Waals surface area contributed by atoms with E-state index in [4.69, 9.17) is 4.74 Å². The highest BCUT2D eigenvalue weighted by Gasteiger charge is 2.31. The van der Waals surface area contributed by atoms with Crippen LogP contribution in [0.4, 0.5) is 0 Å². The van der Waals surface area contributed by atoms with E-state index in [1.807, 2.05) is 4.68 Å². The van der Waals surface area contributed by atoms with E-state index in [0.29, 0.717) is 18.6 Å². The van der Waals surface area contributed by atoms with Crippen molar-refractivity contribution in [2.24, 2.45) is 5.92 Å². The molecule has 1 saturated heterocycles. The Bertz CT molecular complexity index is 520. The second-order valence-corrected chi connectivity index (χ2v) is 8.26. The van der Waals surface area contributed by atoms with Crippen LogP contribution < -0.4 is 0 Å². The van der Waals surface area contributed by atoms with Crippen molar-refractivity contribution in [3.8, 4) is 0 Å². The Hall–Kier alpha value is -1.05. The highest BCUT2D eigenvalue weighted by molar-refractivity contribution is 4.96. The maximum Gasteiger partial charge on any atom is 0.168 e. The van der Waals surface area contributed by atoms with Crippen molar-refractivity contribution in [2.75, 3.05) is 39.9 Å². The summed E-state index contributed by atoms with van der Waals surface area (Å²) in [7, 11) is 1.72. The number of hydrogen-bond acceptors (Lipinski definition) is 6. The fourth-order valence-electron chi connectivity index (χ4n) is 4.51. The Balaban J connectivity index is 1.64. The quantitative estimate of drug-likeness (QED) is 0.706. The van der Waals surface area contributed by atoms with Gasteiger partial charge in [0.05, 0.1) is 19.2 Å². The number of ether oxygens (including phenoxy) is 1. The van der Waals surface area contributed by atoms with E-state index in [1.165, 1.54) is 45.2 Å². The summed E-state index contributed by atoms with van der Waals surface area (Å²) in [5.41, 5.74) is 0. The Kier molecular flexibility index (Phi) is 7.40. The molecule has 7 heteroatoms. The van der Waals surface area contributed by atoms with E-state index < -0.39 is 0 Å². The lowest BCUT2D eigenvalue weighted by molar-refractivity contribution is 0.0462. The van der Waals surface area contributed by atoms with E-state index in [9.17, 15) is 0 Å². The van der Waals surface area contributed by atoms with E-state index in [1.54, 1.807) is 7.11 Å². The molecule has 0 radical (unpaired) electrons. The van der Waals surface area contributed by atoms with Crippen LogP contribution in [0.2, 0.25) is 0 Å². The van der Waals surface area contributed by atoms with Crippen molar-refractivity contribution in [2.45, 2.75) is 71.0 Å². The molecule has 1 atom stereocenters. The maximum absolute atomic E-state index is 5.22. The van der Waals surface area contributed by atoms with Crippen LogP contribution in [0.25, 0.3) is 0 Å². The number of nitrogens with zero attached hydrogens (tertiary/aromatic N) is 6. The molecule has 1 aromatic rings. The minimum absolute atomic E-state index is 0.301. The summed E-state index contributed by atoms with van der Waals surface area (Å²) in [6.07, 6.45) is 8.13. The fraction of sp³-hybridized carbons (Fsp3) is 0.947. The minimum Gasteiger partial charge on any atom is -0.383 e. The first-order valence-corrected chi connectivity index (χ1v) is 10.4. The van der Waals surface area contributed by atoms with Crippen molar-refractivity contribution < 1.29 is 4.74 Å². The molecule has 1 aliphatic carbocycles. The zero-order valence-electron chi connectivity index (χ0n) is 16.8. The summed E-state index contributed by atoms with van der Waals surface area (Å²) in [5.74, 6) is 1.62. The molecular formula is C19H36N6O. The van der Waals surface area contributed by atoms with Gasteiger partial charge in [-0.05, 0) is 35.6 Å². The summed E-state index contributed by atoms with van der Waals surface area (Å²) in [4.78, 5) is 5.34. The van der Waals surface area contributed by atoms with Gasteiger partial charge in [0, 0.05) is 39.3 Å². The molecule has 1 aromatic heterocycles. The van der Waals surface area contributed by atoms with Gasteiger partial charge in [-0.3, -0.25) is 9.80 Å². The number of hydrogen-bond donors (Lipinski definition) is 0. The molecule has 0 spiro atoms. The second-order valence-electron chi connectivity index (χ2n) is 8.26. The molecule has 3 rings (SSSR count). The van der Waals surface area contributed by atoms with Crippen LogP contribution in [-0.4, -0.2) is 75.9 Å².